The zero-order valence-corrected chi connectivity index (χ0v) is 23.3. The van der Waals surface area contributed by atoms with Gasteiger partial charge in [-0.1, -0.05) is 48.3 Å². The number of hydrogen-bond donors (Lipinski definition) is 1. The van der Waals surface area contributed by atoms with Gasteiger partial charge in [-0.05, 0) is 57.0 Å². The molecular formula is C26H30Cl2FNO6S. The van der Waals surface area contributed by atoms with Gasteiger partial charge in [0.25, 0.3) is 5.91 Å². The molecule has 1 aliphatic heterocycles. The van der Waals surface area contributed by atoms with E-state index in [0.29, 0.717) is 10.6 Å². The fourth-order valence-electron chi connectivity index (χ4n) is 4.36. The number of carboxylic acids is 1. The molecule has 1 heterocycles. The van der Waals surface area contributed by atoms with Gasteiger partial charge in [0.1, 0.15) is 18.0 Å². The van der Waals surface area contributed by atoms with Crippen molar-refractivity contribution < 1.29 is 32.2 Å². The number of carbonyl (C=O) groups excluding carboxylic acids is 1. The molecule has 0 spiro atoms. The van der Waals surface area contributed by atoms with Crippen LogP contribution in [0.25, 0.3) is 0 Å². The van der Waals surface area contributed by atoms with E-state index >= 15 is 4.39 Å². The first-order valence-electron chi connectivity index (χ1n) is 11.8. The molecule has 2 aromatic rings. The molecule has 202 valence electrons. The molecule has 11 heteroatoms. The zero-order chi connectivity index (χ0) is 27.7. The van der Waals surface area contributed by atoms with Crippen molar-refractivity contribution >= 4 is 44.9 Å². The summed E-state index contributed by atoms with van der Waals surface area (Å²) in [5.74, 6) is -3.10. The molecule has 7 nitrogen and oxygen atoms in total. The number of halogens is 3. The highest BCUT2D eigenvalue weighted by atomic mass is 35.5. The Labute approximate surface area is 226 Å². The number of ether oxygens (including phenoxy) is 1. The van der Waals surface area contributed by atoms with Gasteiger partial charge >= 0.3 is 5.97 Å². The van der Waals surface area contributed by atoms with E-state index in [2.05, 4.69) is 0 Å². The summed E-state index contributed by atoms with van der Waals surface area (Å²) in [5.41, 5.74) is 0.538. The van der Waals surface area contributed by atoms with E-state index in [4.69, 9.17) is 27.9 Å². The molecule has 1 amide bonds. The summed E-state index contributed by atoms with van der Waals surface area (Å²) in [4.78, 5) is 26.7. The number of carboxylic acid groups (broad SMARTS) is 1. The van der Waals surface area contributed by atoms with Gasteiger partial charge in [-0.3, -0.25) is 9.59 Å². The Bertz CT molecular complexity index is 1280. The SMILES string of the molecule is CCC(CS(=O)(=O)C(C)(C)C)N1C(=O)[C@H](CC(=O)O)O[C@H](c2cccc(Cl)c2)[C@H]1c1ccc(Cl)cc1F. The zero-order valence-electron chi connectivity index (χ0n) is 20.9. The lowest BCUT2D eigenvalue weighted by Gasteiger charge is -2.48. The molecule has 0 aromatic heterocycles. The van der Waals surface area contributed by atoms with Crippen LogP contribution >= 0.6 is 23.2 Å². The Kier molecular flexibility index (Phi) is 8.94. The van der Waals surface area contributed by atoms with Gasteiger partial charge in [0.05, 0.1) is 23.0 Å². The third kappa shape index (κ3) is 6.45. The summed E-state index contributed by atoms with van der Waals surface area (Å²) in [5, 5.41) is 9.97. The number of sulfone groups is 1. The van der Waals surface area contributed by atoms with Crippen LogP contribution < -0.4 is 0 Å². The number of hydrogen-bond acceptors (Lipinski definition) is 5. The molecule has 4 atom stereocenters. The van der Waals surface area contributed by atoms with Crippen molar-refractivity contribution in [3.63, 3.8) is 0 Å². The highest BCUT2D eigenvalue weighted by Gasteiger charge is 2.49. The lowest BCUT2D eigenvalue weighted by atomic mass is 9.89. The number of morpholine rings is 1. The summed E-state index contributed by atoms with van der Waals surface area (Å²) < 4.78 is 46.7. The molecule has 1 N–H and O–H groups in total. The molecule has 37 heavy (non-hydrogen) atoms. The highest BCUT2D eigenvalue weighted by molar-refractivity contribution is 7.92. The largest absolute Gasteiger partial charge is 0.481 e. The Hall–Kier alpha value is -2.20. The molecule has 0 aliphatic carbocycles. The minimum Gasteiger partial charge on any atom is -0.481 e. The maximum absolute atomic E-state index is 15.4. The van der Waals surface area contributed by atoms with Crippen LogP contribution in [-0.4, -0.2) is 52.9 Å². The normalized spacial score (nSPS) is 21.6. The Morgan fingerprint density at radius 3 is 2.35 bits per heavy atom. The van der Waals surface area contributed by atoms with Crippen LogP contribution in [0.4, 0.5) is 4.39 Å². The molecule has 1 aliphatic rings. The van der Waals surface area contributed by atoms with Gasteiger partial charge in [-0.2, -0.15) is 0 Å². The van der Waals surface area contributed by atoms with Crippen LogP contribution in [0, 0.1) is 5.82 Å². The lowest BCUT2D eigenvalue weighted by Crippen LogP contribution is -2.57. The maximum atomic E-state index is 15.4. The second kappa shape index (κ2) is 11.3. The minimum atomic E-state index is -3.72. The van der Waals surface area contributed by atoms with E-state index in [0.717, 1.165) is 6.07 Å². The summed E-state index contributed by atoms with van der Waals surface area (Å²) in [6.07, 6.45) is -2.89. The van der Waals surface area contributed by atoms with E-state index in [-0.39, 0.29) is 17.0 Å². The lowest BCUT2D eigenvalue weighted by molar-refractivity contribution is -0.183. The Morgan fingerprint density at radius 2 is 1.81 bits per heavy atom. The molecule has 1 unspecified atom stereocenters. The Balaban J connectivity index is 2.26. The van der Waals surface area contributed by atoms with Crippen molar-refractivity contribution in [2.75, 3.05) is 5.75 Å². The monoisotopic (exact) mass is 573 g/mol. The van der Waals surface area contributed by atoms with Crippen LogP contribution in [0.2, 0.25) is 10.0 Å². The maximum Gasteiger partial charge on any atom is 0.306 e. The standard InChI is InChI=1S/C26H30Cl2FNO6S/c1-5-18(14-37(34,35)26(2,3)4)30-23(19-10-9-17(28)12-20(19)29)24(15-7-6-8-16(27)11-15)36-21(25(30)33)13-22(31)32/h6-12,18,21,23-24H,5,13-14H2,1-4H3,(H,31,32)/t18?,21-,23+,24+/m0/s1. The summed E-state index contributed by atoms with van der Waals surface area (Å²) in [7, 11) is -3.72. The van der Waals surface area contributed by atoms with Crippen LogP contribution in [0.15, 0.2) is 42.5 Å². The van der Waals surface area contributed by atoms with Crippen molar-refractivity contribution in [2.24, 2.45) is 0 Å². The Morgan fingerprint density at radius 1 is 1.16 bits per heavy atom. The topological polar surface area (TPSA) is 101 Å². The van der Waals surface area contributed by atoms with Crippen LogP contribution in [0.3, 0.4) is 0 Å². The molecular weight excluding hydrogens is 544 g/mol. The first-order chi connectivity index (χ1) is 17.2. The quantitative estimate of drug-likeness (QED) is 0.440. The first kappa shape index (κ1) is 29.4. The van der Waals surface area contributed by atoms with E-state index in [1.54, 1.807) is 52.0 Å². The number of carbonyl (C=O) groups is 2. The summed E-state index contributed by atoms with van der Waals surface area (Å²) in [6, 6.07) is 8.54. The van der Waals surface area contributed by atoms with Crippen LogP contribution in [0.5, 0.6) is 0 Å². The minimum absolute atomic E-state index is 0.0584. The van der Waals surface area contributed by atoms with Gasteiger partial charge < -0.3 is 14.7 Å². The smallest absolute Gasteiger partial charge is 0.306 e. The number of aliphatic carboxylic acids is 1. The molecule has 3 rings (SSSR count). The highest BCUT2D eigenvalue weighted by Crippen LogP contribution is 2.45. The van der Waals surface area contributed by atoms with Gasteiger partial charge in [-0.15, -0.1) is 0 Å². The van der Waals surface area contributed by atoms with Gasteiger partial charge in [0.2, 0.25) is 0 Å². The number of amides is 1. The molecule has 1 fully saturated rings. The average molecular weight is 574 g/mol. The molecule has 0 saturated carbocycles. The van der Waals surface area contributed by atoms with Crippen molar-refractivity contribution in [1.29, 1.82) is 0 Å². The van der Waals surface area contributed by atoms with Gasteiger partial charge in [0.15, 0.2) is 9.84 Å². The predicted octanol–water partition coefficient (Wildman–Crippen LogP) is 5.61. The number of rotatable bonds is 8. The summed E-state index contributed by atoms with van der Waals surface area (Å²) in [6.45, 7) is 6.42. The molecule has 0 bridgehead atoms. The second-order valence-electron chi connectivity index (χ2n) is 10.0. The van der Waals surface area contributed by atoms with Crippen LogP contribution in [0.1, 0.15) is 63.8 Å². The van der Waals surface area contributed by atoms with Crippen molar-refractivity contribution in [2.45, 2.75) is 69.6 Å². The molecule has 2 aromatic carbocycles. The molecule has 0 radical (unpaired) electrons. The fraction of sp³-hybridized carbons (Fsp3) is 0.462. The van der Waals surface area contributed by atoms with E-state index < -0.39 is 68.7 Å². The third-order valence-electron chi connectivity index (χ3n) is 6.46. The average Bonchev–Trinajstić information content (AvgIpc) is 2.78. The van der Waals surface area contributed by atoms with E-state index in [9.17, 15) is 23.1 Å². The van der Waals surface area contributed by atoms with Crippen molar-refractivity contribution in [1.82, 2.24) is 4.90 Å². The van der Waals surface area contributed by atoms with Crippen molar-refractivity contribution in [3.8, 4) is 0 Å². The first-order valence-corrected chi connectivity index (χ1v) is 14.2. The van der Waals surface area contributed by atoms with E-state index in [1.807, 2.05) is 0 Å². The van der Waals surface area contributed by atoms with Gasteiger partial charge in [0, 0.05) is 21.7 Å². The van der Waals surface area contributed by atoms with Gasteiger partial charge in [-0.25, -0.2) is 12.8 Å². The number of nitrogens with zero attached hydrogens (tertiary/aromatic N) is 1. The summed E-state index contributed by atoms with van der Waals surface area (Å²) >= 11 is 12.2. The fourth-order valence-corrected chi connectivity index (χ4v) is 6.12. The molecule has 1 saturated heterocycles. The predicted molar refractivity (Wildman–Crippen MR) is 140 cm³/mol. The second-order valence-corrected chi connectivity index (χ2v) is 13.7. The third-order valence-corrected chi connectivity index (χ3v) is 9.61. The van der Waals surface area contributed by atoms with Crippen molar-refractivity contribution in [3.05, 3.63) is 69.5 Å². The number of benzene rings is 2. The van der Waals surface area contributed by atoms with E-state index in [1.165, 1.54) is 17.0 Å². The van der Waals surface area contributed by atoms with Crippen LogP contribution in [-0.2, 0) is 24.2 Å².